The number of nitrogens with zero attached hydrogens (tertiary/aromatic N) is 3. The van der Waals surface area contributed by atoms with E-state index in [0.717, 1.165) is 63.0 Å². The number of hydrogen-bond donors (Lipinski definition) is 1. The summed E-state index contributed by atoms with van der Waals surface area (Å²) >= 11 is 0. The summed E-state index contributed by atoms with van der Waals surface area (Å²) in [5, 5.41) is 9.49. The molecular formula is C33H43N3O7. The van der Waals surface area contributed by atoms with Gasteiger partial charge in [0, 0.05) is 32.6 Å². The predicted octanol–water partition coefficient (Wildman–Crippen LogP) is 4.75. The molecule has 1 aliphatic carbocycles. The summed E-state index contributed by atoms with van der Waals surface area (Å²) in [5.74, 6) is 1.42. The second kappa shape index (κ2) is 13.7. The first kappa shape index (κ1) is 30.7. The molecule has 43 heavy (non-hydrogen) atoms. The van der Waals surface area contributed by atoms with Gasteiger partial charge >= 0.3 is 12.0 Å². The van der Waals surface area contributed by atoms with Crippen molar-refractivity contribution in [2.75, 3.05) is 47.0 Å². The van der Waals surface area contributed by atoms with E-state index in [-0.39, 0.29) is 43.6 Å². The predicted molar refractivity (Wildman–Crippen MR) is 160 cm³/mol. The standard InChI is InChI=1S/C33H43N3O7/c1-4-27(25-10-12-28-26(18-25)13-15-42-28)35(19-22-5-8-24(9-6-22)32(38)39)20-23-7-11-29(30(17-23)41-3)43-16-14-36-31(37)21-34(2)33(36)40/h7,10-12,17-18,22,24,27H,4-6,8-9,13-16,19-21H2,1-3H3,(H,38,39)/t22-,24-,27?. The number of benzene rings is 2. The highest BCUT2D eigenvalue weighted by atomic mass is 16.5. The van der Waals surface area contributed by atoms with Crippen LogP contribution in [0, 0.1) is 11.8 Å². The Balaban J connectivity index is 1.31. The second-order valence-corrected chi connectivity index (χ2v) is 11.9. The largest absolute Gasteiger partial charge is 0.493 e. The quantitative estimate of drug-likeness (QED) is 0.332. The molecule has 2 fully saturated rings. The molecule has 3 aliphatic rings. The average Bonchev–Trinajstić information content (AvgIpc) is 3.57. The SMILES string of the molecule is CCC(c1ccc2c(c1)CCO2)N(Cc1ccc(OCCN2C(=O)CN(C)C2=O)c(OC)c1)C[C@H]1CC[C@H](C(=O)O)CC1. The maximum Gasteiger partial charge on any atom is 0.327 e. The first-order valence-corrected chi connectivity index (χ1v) is 15.3. The molecule has 1 N–H and O–H groups in total. The fourth-order valence-electron chi connectivity index (χ4n) is 6.64. The minimum atomic E-state index is -0.678. The summed E-state index contributed by atoms with van der Waals surface area (Å²) in [4.78, 5) is 40.9. The lowest BCUT2D eigenvalue weighted by atomic mass is 9.81. The van der Waals surface area contributed by atoms with Gasteiger partial charge in [-0.3, -0.25) is 19.4 Å². The molecule has 3 amide bonds. The number of hydrogen-bond acceptors (Lipinski definition) is 7. The number of carboxylic acids is 1. The van der Waals surface area contributed by atoms with Crippen LogP contribution >= 0.6 is 0 Å². The summed E-state index contributed by atoms with van der Waals surface area (Å²) in [5.41, 5.74) is 3.61. The number of likely N-dealkylation sites (N-methyl/N-ethyl adjacent to an activating group) is 1. The molecule has 0 spiro atoms. The molecular weight excluding hydrogens is 550 g/mol. The van der Waals surface area contributed by atoms with Crippen molar-refractivity contribution in [3.8, 4) is 17.2 Å². The Morgan fingerprint density at radius 1 is 1.12 bits per heavy atom. The monoisotopic (exact) mass is 593 g/mol. The Hall–Kier alpha value is -3.79. The number of urea groups is 1. The molecule has 5 rings (SSSR count). The zero-order valence-electron chi connectivity index (χ0n) is 25.4. The second-order valence-electron chi connectivity index (χ2n) is 11.9. The first-order chi connectivity index (χ1) is 20.8. The number of rotatable bonds is 13. The van der Waals surface area contributed by atoms with Gasteiger partial charge in [0.25, 0.3) is 0 Å². The number of methoxy groups -OCH3 is 1. The van der Waals surface area contributed by atoms with E-state index in [0.29, 0.717) is 24.0 Å². The minimum Gasteiger partial charge on any atom is -0.493 e. The van der Waals surface area contributed by atoms with Crippen molar-refractivity contribution in [1.29, 1.82) is 0 Å². The van der Waals surface area contributed by atoms with Crippen LogP contribution in [0.2, 0.25) is 0 Å². The van der Waals surface area contributed by atoms with Gasteiger partial charge in [-0.1, -0.05) is 25.1 Å². The minimum absolute atomic E-state index is 0.0896. The summed E-state index contributed by atoms with van der Waals surface area (Å²) in [6.07, 6.45) is 5.14. The molecule has 10 nitrogen and oxygen atoms in total. The zero-order valence-corrected chi connectivity index (χ0v) is 25.4. The van der Waals surface area contributed by atoms with Gasteiger partial charge in [-0.05, 0) is 72.9 Å². The van der Waals surface area contributed by atoms with Crippen LogP contribution in [0.4, 0.5) is 4.79 Å². The Labute approximate surface area is 253 Å². The molecule has 2 heterocycles. The molecule has 2 aliphatic heterocycles. The summed E-state index contributed by atoms with van der Waals surface area (Å²) < 4.78 is 17.4. The Morgan fingerprint density at radius 3 is 2.58 bits per heavy atom. The van der Waals surface area contributed by atoms with Gasteiger partial charge in [0.1, 0.15) is 18.9 Å². The number of ether oxygens (including phenoxy) is 3. The topological polar surface area (TPSA) is 109 Å². The van der Waals surface area contributed by atoms with E-state index in [1.807, 2.05) is 18.2 Å². The van der Waals surface area contributed by atoms with Gasteiger partial charge in [-0.25, -0.2) is 4.79 Å². The van der Waals surface area contributed by atoms with Crippen LogP contribution in [-0.2, 0) is 22.6 Å². The molecule has 1 atom stereocenters. The van der Waals surface area contributed by atoms with E-state index in [9.17, 15) is 19.5 Å². The average molecular weight is 594 g/mol. The van der Waals surface area contributed by atoms with E-state index >= 15 is 0 Å². The smallest absolute Gasteiger partial charge is 0.327 e. The maximum atomic E-state index is 12.2. The Bertz CT molecular complexity index is 1320. The van der Waals surface area contributed by atoms with Crippen LogP contribution in [0.5, 0.6) is 17.2 Å². The third-order valence-corrected chi connectivity index (χ3v) is 9.03. The van der Waals surface area contributed by atoms with Gasteiger partial charge < -0.3 is 24.2 Å². The normalized spacial score (nSPS) is 20.7. The molecule has 2 aromatic carbocycles. The molecule has 1 unspecified atom stereocenters. The van der Waals surface area contributed by atoms with Crippen molar-refractivity contribution >= 4 is 17.9 Å². The van der Waals surface area contributed by atoms with Crippen LogP contribution in [0.15, 0.2) is 36.4 Å². The summed E-state index contributed by atoms with van der Waals surface area (Å²) in [6, 6.07) is 12.4. The van der Waals surface area contributed by atoms with Gasteiger partial charge in [-0.15, -0.1) is 0 Å². The number of fused-ring (bicyclic) bond motifs is 1. The third kappa shape index (κ3) is 7.06. The van der Waals surface area contributed by atoms with Crippen molar-refractivity contribution < 1.29 is 33.7 Å². The highest BCUT2D eigenvalue weighted by molar-refractivity contribution is 6.01. The summed E-state index contributed by atoms with van der Waals surface area (Å²) in [6.45, 7) is 4.96. The number of imide groups is 1. The lowest BCUT2D eigenvalue weighted by molar-refractivity contribution is -0.143. The van der Waals surface area contributed by atoms with Crippen LogP contribution in [-0.4, -0.2) is 84.7 Å². The molecule has 232 valence electrons. The van der Waals surface area contributed by atoms with Crippen LogP contribution in [0.3, 0.4) is 0 Å². The number of aliphatic carboxylic acids is 1. The maximum absolute atomic E-state index is 12.2. The van der Waals surface area contributed by atoms with Crippen molar-refractivity contribution in [2.45, 2.75) is 58.0 Å². The van der Waals surface area contributed by atoms with Crippen molar-refractivity contribution in [2.24, 2.45) is 11.8 Å². The van der Waals surface area contributed by atoms with Crippen LogP contribution in [0.1, 0.15) is 61.8 Å². The van der Waals surface area contributed by atoms with E-state index in [2.05, 4.69) is 30.0 Å². The van der Waals surface area contributed by atoms with Crippen molar-refractivity contribution in [3.05, 3.63) is 53.1 Å². The van der Waals surface area contributed by atoms with Gasteiger partial charge in [-0.2, -0.15) is 0 Å². The molecule has 0 radical (unpaired) electrons. The van der Waals surface area contributed by atoms with Gasteiger partial charge in [0.15, 0.2) is 11.5 Å². The highest BCUT2D eigenvalue weighted by Gasteiger charge is 2.33. The van der Waals surface area contributed by atoms with Crippen molar-refractivity contribution in [1.82, 2.24) is 14.7 Å². The fourth-order valence-corrected chi connectivity index (χ4v) is 6.64. The van der Waals surface area contributed by atoms with Gasteiger partial charge in [0.05, 0.1) is 26.2 Å². The molecule has 1 saturated heterocycles. The van der Waals surface area contributed by atoms with Crippen LogP contribution in [0.25, 0.3) is 0 Å². The van der Waals surface area contributed by atoms with Gasteiger partial charge in [0.2, 0.25) is 5.91 Å². The summed E-state index contributed by atoms with van der Waals surface area (Å²) in [7, 11) is 3.21. The third-order valence-electron chi connectivity index (χ3n) is 9.03. The molecule has 2 aromatic rings. The Kier molecular flexibility index (Phi) is 9.75. The number of amides is 3. The number of carbonyl (C=O) groups is 3. The fraction of sp³-hybridized carbons (Fsp3) is 0.545. The number of carbonyl (C=O) groups excluding carboxylic acids is 2. The van der Waals surface area contributed by atoms with E-state index in [1.165, 1.54) is 20.9 Å². The molecule has 0 bridgehead atoms. The highest BCUT2D eigenvalue weighted by Crippen LogP contribution is 2.37. The lowest BCUT2D eigenvalue weighted by Crippen LogP contribution is -2.35. The first-order valence-electron chi connectivity index (χ1n) is 15.3. The Morgan fingerprint density at radius 2 is 1.91 bits per heavy atom. The van der Waals surface area contributed by atoms with E-state index < -0.39 is 5.97 Å². The molecule has 10 heteroatoms. The van der Waals surface area contributed by atoms with E-state index in [4.69, 9.17) is 14.2 Å². The molecule has 1 saturated carbocycles. The van der Waals surface area contributed by atoms with Crippen LogP contribution < -0.4 is 14.2 Å². The lowest BCUT2D eigenvalue weighted by Gasteiger charge is -2.37. The van der Waals surface area contributed by atoms with E-state index in [1.54, 1.807) is 14.2 Å². The number of carboxylic acid groups (broad SMARTS) is 1. The zero-order chi connectivity index (χ0) is 30.5. The van der Waals surface area contributed by atoms with Crippen molar-refractivity contribution in [3.63, 3.8) is 0 Å². The molecule has 0 aromatic heterocycles.